The van der Waals surface area contributed by atoms with Gasteiger partial charge in [-0.15, -0.1) is 0 Å². The van der Waals surface area contributed by atoms with Gasteiger partial charge in [0, 0.05) is 67.3 Å². The number of carbonyl (C=O) groups is 7. The SMILES string of the molecule is CCc1c2c(nc3ccc(O)cc13)-c1cc3c(c(=O)n1C2)COC(=O)[C@@]3(CC)OCN(CCS(C)(=O)=O)C(=O)OCc1ccc(O[C@@H]2O[C@H](C(=O)O)[C@@H](O)[C@H](O)[C@H]2O)c(NC(=O)CCC(=O)CCN2C(=O)C=CC2=O)c1. The number of aryl methyl sites for hydroxylation is 1. The Morgan fingerprint density at radius 2 is 1.67 bits per heavy atom. The van der Waals surface area contributed by atoms with E-state index in [1.807, 2.05) is 6.92 Å². The molecule has 0 spiro atoms. The van der Waals surface area contributed by atoms with Crippen LogP contribution < -0.4 is 15.6 Å². The van der Waals surface area contributed by atoms with Crippen LogP contribution in [0.1, 0.15) is 67.3 Å². The summed E-state index contributed by atoms with van der Waals surface area (Å²) >= 11 is 0. The zero-order chi connectivity index (χ0) is 55.0. The number of ether oxygens (including phenoxy) is 5. The van der Waals surface area contributed by atoms with Crippen molar-refractivity contribution in [3.8, 4) is 22.9 Å². The summed E-state index contributed by atoms with van der Waals surface area (Å²) in [6.07, 6.45) is -8.85. The van der Waals surface area contributed by atoms with E-state index >= 15 is 0 Å². The topological polar surface area (TPSA) is 354 Å². The molecule has 0 saturated carbocycles. The molecule has 6 heterocycles. The van der Waals surface area contributed by atoms with Crippen LogP contribution in [0.5, 0.6) is 11.5 Å². The number of anilines is 1. The third-order valence-electron chi connectivity index (χ3n) is 13.4. The van der Waals surface area contributed by atoms with Crippen LogP contribution in [0.25, 0.3) is 22.3 Å². The molecule has 76 heavy (non-hydrogen) atoms. The highest BCUT2D eigenvalue weighted by molar-refractivity contribution is 7.90. The number of aromatic hydroxyl groups is 1. The summed E-state index contributed by atoms with van der Waals surface area (Å²) in [5.41, 5.74) is 0.748. The van der Waals surface area contributed by atoms with Crippen molar-refractivity contribution in [2.75, 3.05) is 37.1 Å². The number of Topliss-reactive ketones (excluding diaryl/α,β-unsaturated/α-hetero) is 1. The monoisotopic (exact) mass is 1080 g/mol. The van der Waals surface area contributed by atoms with Crippen LogP contribution in [0.15, 0.2) is 59.4 Å². The second-order valence-corrected chi connectivity index (χ2v) is 20.7. The maximum Gasteiger partial charge on any atom is 0.411 e. The van der Waals surface area contributed by atoms with E-state index in [2.05, 4.69) is 5.32 Å². The normalized spacial score (nSPS) is 21.7. The summed E-state index contributed by atoms with van der Waals surface area (Å²) in [6, 6.07) is 10.1. The minimum Gasteiger partial charge on any atom is -0.508 e. The molecule has 2 aromatic carbocycles. The van der Waals surface area contributed by atoms with Crippen LogP contribution in [-0.2, 0) is 89.3 Å². The van der Waals surface area contributed by atoms with Crippen molar-refractivity contribution in [3.63, 3.8) is 0 Å². The summed E-state index contributed by atoms with van der Waals surface area (Å²) < 4.78 is 54.8. The number of fused-ring (bicyclic) bond motifs is 5. The number of sulfone groups is 1. The van der Waals surface area contributed by atoms with Gasteiger partial charge >= 0.3 is 18.0 Å². The lowest BCUT2D eigenvalue weighted by molar-refractivity contribution is -0.271. The van der Waals surface area contributed by atoms with Crippen molar-refractivity contribution >= 4 is 68.0 Å². The lowest BCUT2D eigenvalue weighted by atomic mass is 9.85. The number of amides is 4. The van der Waals surface area contributed by atoms with Crippen LogP contribution in [0.3, 0.4) is 0 Å². The van der Waals surface area contributed by atoms with E-state index in [0.29, 0.717) is 28.7 Å². The van der Waals surface area contributed by atoms with E-state index in [4.69, 9.17) is 28.7 Å². The average molecular weight is 1080 g/mol. The minimum atomic E-state index is -3.74. The van der Waals surface area contributed by atoms with E-state index in [-0.39, 0.29) is 66.2 Å². The number of aromatic nitrogens is 2. The summed E-state index contributed by atoms with van der Waals surface area (Å²) in [5.74, 6) is -5.89. The molecule has 0 unspecified atom stereocenters. The smallest absolute Gasteiger partial charge is 0.411 e. The molecule has 2 aromatic heterocycles. The average Bonchev–Trinajstić information content (AvgIpc) is 3.93. The summed E-state index contributed by atoms with van der Waals surface area (Å²) in [5, 5.41) is 54.3. The molecule has 0 aliphatic carbocycles. The van der Waals surface area contributed by atoms with Gasteiger partial charge in [-0.3, -0.25) is 33.8 Å². The fourth-order valence-electron chi connectivity index (χ4n) is 9.31. The number of nitrogens with zero attached hydrogens (tertiary/aromatic N) is 4. The van der Waals surface area contributed by atoms with Gasteiger partial charge in [0.15, 0.2) is 11.7 Å². The Morgan fingerprint density at radius 1 is 0.934 bits per heavy atom. The largest absolute Gasteiger partial charge is 0.508 e. The first-order valence-corrected chi connectivity index (χ1v) is 26.0. The Bertz CT molecular complexity index is 3250. The Hall–Kier alpha value is -7.62. The maximum absolute atomic E-state index is 14.3. The molecular formula is C50H53N5O20S. The van der Waals surface area contributed by atoms with E-state index in [0.717, 1.165) is 39.3 Å². The molecule has 1 saturated heterocycles. The number of imide groups is 1. The number of nitrogens with one attached hydrogen (secondary N) is 1. The zero-order valence-corrected chi connectivity index (χ0v) is 41.9. The summed E-state index contributed by atoms with van der Waals surface area (Å²) in [6.45, 7) is 1.19. The second kappa shape index (κ2) is 21.9. The highest BCUT2D eigenvalue weighted by Crippen LogP contribution is 2.43. The number of phenols is 1. The number of esters is 1. The fraction of sp³-hybridized carbons (Fsp3) is 0.420. The van der Waals surface area contributed by atoms with Gasteiger partial charge in [0.2, 0.25) is 12.2 Å². The molecule has 6 atom stereocenters. The number of aliphatic hydroxyl groups excluding tert-OH is 3. The third-order valence-corrected chi connectivity index (χ3v) is 14.4. The number of aliphatic hydroxyl groups is 3. The van der Waals surface area contributed by atoms with E-state index < -0.39 is 132 Å². The number of hydrogen-bond acceptors (Lipinski definition) is 20. The van der Waals surface area contributed by atoms with Gasteiger partial charge in [-0.2, -0.15) is 0 Å². The number of phenolic OH excluding ortho intramolecular Hbond substituents is 1. The maximum atomic E-state index is 14.3. The molecule has 4 aromatic rings. The Balaban J connectivity index is 1.03. The van der Waals surface area contributed by atoms with Gasteiger partial charge in [0.05, 0.1) is 40.5 Å². The number of carboxylic acids is 1. The van der Waals surface area contributed by atoms with Crippen LogP contribution in [0.4, 0.5) is 10.5 Å². The van der Waals surface area contributed by atoms with Crippen molar-refractivity contribution < 1.29 is 91.2 Å². The molecule has 6 N–H and O–H groups in total. The molecule has 404 valence electrons. The van der Waals surface area contributed by atoms with Crippen LogP contribution in [-0.4, -0.2) is 157 Å². The molecule has 25 nitrogen and oxygen atoms in total. The van der Waals surface area contributed by atoms with Gasteiger partial charge < -0.3 is 59.1 Å². The first-order valence-electron chi connectivity index (χ1n) is 23.9. The van der Waals surface area contributed by atoms with Crippen molar-refractivity contribution in [2.24, 2.45) is 0 Å². The van der Waals surface area contributed by atoms with Crippen molar-refractivity contribution in [3.05, 3.63) is 92.8 Å². The first-order chi connectivity index (χ1) is 36.0. The van der Waals surface area contributed by atoms with Gasteiger partial charge in [-0.1, -0.05) is 19.9 Å². The van der Waals surface area contributed by atoms with Crippen LogP contribution in [0, 0.1) is 0 Å². The highest BCUT2D eigenvalue weighted by atomic mass is 32.2. The number of hydrogen-bond donors (Lipinski definition) is 6. The molecule has 0 radical (unpaired) electrons. The molecule has 1 fully saturated rings. The third kappa shape index (κ3) is 11.0. The number of cyclic esters (lactones) is 1. The highest BCUT2D eigenvalue weighted by Gasteiger charge is 2.50. The number of carboxylic acid groups (broad SMARTS) is 1. The molecular weight excluding hydrogens is 1020 g/mol. The standard InChI is InChI=1S/C50H53N5O20S/c1-4-28-29-19-27(57)7-9-33(29)52-40-30(28)21-55-35(40)20-32-31(45(55)64)23-71-48(67)50(32,5-2)73-24-53(16-17-76(3,69)70)49(68)72-22-25-6-10-36(74-47-43(63)41(61)42(62)44(75-47)46(65)66)34(18-25)51-37(58)11-8-26(56)14-15-54-38(59)12-13-39(54)60/h6-7,9-10,12-13,18-20,41-44,47,57,61-63H,4-5,8,11,14-17,21-24H2,1-3H3,(H,51,58)(H,65,66)/t41-,42-,43+,44-,47+,50-/m0/s1. The molecule has 4 aliphatic rings. The Morgan fingerprint density at radius 3 is 2.36 bits per heavy atom. The van der Waals surface area contributed by atoms with Crippen molar-refractivity contribution in [2.45, 2.75) is 102 Å². The number of pyridine rings is 2. The minimum absolute atomic E-state index is 0.0453. The molecule has 26 heteroatoms. The van der Waals surface area contributed by atoms with Gasteiger partial charge in [0.25, 0.3) is 17.4 Å². The summed E-state index contributed by atoms with van der Waals surface area (Å²) in [4.78, 5) is 110. The van der Waals surface area contributed by atoms with Crippen LogP contribution >= 0.6 is 0 Å². The van der Waals surface area contributed by atoms with Gasteiger partial charge in [0.1, 0.15) is 65.4 Å². The Labute approximate surface area is 432 Å². The van der Waals surface area contributed by atoms with Gasteiger partial charge in [-0.05, 0) is 60.4 Å². The lowest BCUT2D eigenvalue weighted by Gasteiger charge is -2.38. The van der Waals surface area contributed by atoms with E-state index in [9.17, 15) is 72.3 Å². The number of benzene rings is 2. The predicted molar refractivity (Wildman–Crippen MR) is 261 cm³/mol. The van der Waals surface area contributed by atoms with Crippen molar-refractivity contribution in [1.82, 2.24) is 19.4 Å². The number of carbonyl (C=O) groups excluding carboxylic acids is 6. The molecule has 4 amide bonds. The van der Waals surface area contributed by atoms with Gasteiger partial charge in [-0.25, -0.2) is 27.8 Å². The number of aliphatic carboxylic acids is 1. The first kappa shape index (κ1) is 54.6. The Kier molecular flexibility index (Phi) is 15.8. The van der Waals surface area contributed by atoms with E-state index in [1.54, 1.807) is 25.1 Å². The van der Waals surface area contributed by atoms with Crippen molar-refractivity contribution in [1.29, 1.82) is 0 Å². The number of rotatable bonds is 20. The predicted octanol–water partition coefficient (Wildman–Crippen LogP) is 0.887. The zero-order valence-electron chi connectivity index (χ0n) is 41.1. The fourth-order valence-corrected chi connectivity index (χ4v) is 9.86. The number of ketones is 1. The van der Waals surface area contributed by atoms with Crippen LogP contribution in [0.2, 0.25) is 0 Å². The summed E-state index contributed by atoms with van der Waals surface area (Å²) in [7, 11) is -3.74. The quantitative estimate of drug-likeness (QED) is 0.0358. The van der Waals surface area contributed by atoms with E-state index in [1.165, 1.54) is 28.8 Å². The lowest BCUT2D eigenvalue weighted by Crippen LogP contribution is -2.61. The molecule has 0 bridgehead atoms. The molecule has 8 rings (SSSR count). The molecule has 4 aliphatic heterocycles. The second-order valence-electron chi connectivity index (χ2n) is 18.4.